The molecule has 1 unspecified atom stereocenters. The van der Waals surface area contributed by atoms with Crippen molar-refractivity contribution in [2.45, 2.75) is 19.9 Å². The zero-order valence-corrected chi connectivity index (χ0v) is 10.5. The van der Waals surface area contributed by atoms with Crippen LogP contribution in [0, 0.1) is 5.92 Å². The number of carboxylic acid groups (broad SMARTS) is 1. The Labute approximate surface area is 103 Å². The van der Waals surface area contributed by atoms with E-state index < -0.39 is 12.0 Å². The van der Waals surface area contributed by atoms with Crippen LogP contribution in [0.1, 0.15) is 13.8 Å². The average Bonchev–Trinajstić information content (AvgIpc) is 2.73. The van der Waals surface area contributed by atoms with Crippen LogP contribution in [-0.4, -0.2) is 22.1 Å². The molecule has 0 aliphatic heterocycles. The van der Waals surface area contributed by atoms with Gasteiger partial charge in [-0.05, 0) is 23.4 Å². The number of aromatic nitrogens is 1. The molecule has 2 N–H and O–H groups in total. The maximum absolute atomic E-state index is 11.1. The van der Waals surface area contributed by atoms with Crippen molar-refractivity contribution in [2.75, 3.05) is 5.32 Å². The highest BCUT2D eigenvalue weighted by atomic mass is 32.1. The molecule has 0 saturated heterocycles. The maximum Gasteiger partial charge on any atom is 0.326 e. The van der Waals surface area contributed by atoms with Gasteiger partial charge in [-0.25, -0.2) is 9.78 Å². The molecule has 90 valence electrons. The molecule has 0 spiro atoms. The number of anilines is 1. The van der Waals surface area contributed by atoms with Crippen molar-refractivity contribution in [3.8, 4) is 0 Å². The summed E-state index contributed by atoms with van der Waals surface area (Å²) in [7, 11) is 0. The number of pyridine rings is 1. The average molecular weight is 250 g/mol. The predicted molar refractivity (Wildman–Crippen MR) is 69.5 cm³/mol. The third-order valence-corrected chi connectivity index (χ3v) is 3.49. The number of fused-ring (bicyclic) bond motifs is 1. The van der Waals surface area contributed by atoms with Gasteiger partial charge in [0.2, 0.25) is 0 Å². The largest absolute Gasteiger partial charge is 0.480 e. The van der Waals surface area contributed by atoms with Gasteiger partial charge in [0, 0.05) is 16.3 Å². The van der Waals surface area contributed by atoms with Gasteiger partial charge in [0.25, 0.3) is 0 Å². The molecule has 2 heterocycles. The number of rotatable bonds is 4. The molecular weight excluding hydrogens is 236 g/mol. The lowest BCUT2D eigenvalue weighted by Gasteiger charge is -2.18. The quantitative estimate of drug-likeness (QED) is 0.876. The van der Waals surface area contributed by atoms with Crippen molar-refractivity contribution in [3.63, 3.8) is 0 Å². The van der Waals surface area contributed by atoms with Crippen LogP contribution in [0.4, 0.5) is 5.82 Å². The third-order valence-electron chi connectivity index (χ3n) is 2.60. The third kappa shape index (κ3) is 2.39. The molecule has 0 saturated carbocycles. The molecule has 0 aromatic carbocycles. The second kappa shape index (κ2) is 4.71. The minimum absolute atomic E-state index is 0.00296. The minimum atomic E-state index is -0.853. The van der Waals surface area contributed by atoms with E-state index >= 15 is 0 Å². The van der Waals surface area contributed by atoms with E-state index in [1.165, 1.54) is 0 Å². The van der Waals surface area contributed by atoms with E-state index in [2.05, 4.69) is 10.3 Å². The van der Waals surface area contributed by atoms with E-state index in [0.29, 0.717) is 5.82 Å². The van der Waals surface area contributed by atoms with Gasteiger partial charge >= 0.3 is 5.97 Å². The normalized spacial score (nSPS) is 12.9. The number of hydrogen-bond donors (Lipinski definition) is 2. The number of carbonyl (C=O) groups is 1. The molecule has 0 aliphatic carbocycles. The summed E-state index contributed by atoms with van der Waals surface area (Å²) in [6, 6.07) is 3.26. The number of hydrogen-bond acceptors (Lipinski definition) is 4. The Morgan fingerprint density at radius 1 is 1.47 bits per heavy atom. The van der Waals surface area contributed by atoms with Crippen LogP contribution in [0.15, 0.2) is 23.7 Å². The van der Waals surface area contributed by atoms with Crippen LogP contribution in [0.25, 0.3) is 10.1 Å². The second-order valence-corrected chi connectivity index (χ2v) is 5.14. The monoisotopic (exact) mass is 250 g/mol. The van der Waals surface area contributed by atoms with Gasteiger partial charge in [-0.3, -0.25) is 0 Å². The van der Waals surface area contributed by atoms with Crippen LogP contribution in [0.3, 0.4) is 0 Å². The molecule has 2 aromatic rings. The van der Waals surface area contributed by atoms with E-state index in [1.54, 1.807) is 17.5 Å². The number of aliphatic carboxylic acids is 1. The molecule has 0 aliphatic rings. The van der Waals surface area contributed by atoms with Gasteiger partial charge < -0.3 is 10.4 Å². The first kappa shape index (κ1) is 11.9. The molecule has 4 nitrogen and oxygen atoms in total. The highest BCUT2D eigenvalue weighted by Gasteiger charge is 2.22. The molecule has 1 atom stereocenters. The number of thiophene rings is 1. The van der Waals surface area contributed by atoms with Crippen molar-refractivity contribution < 1.29 is 9.90 Å². The summed E-state index contributed by atoms with van der Waals surface area (Å²) in [6.07, 6.45) is 1.69. The molecule has 0 radical (unpaired) electrons. The van der Waals surface area contributed by atoms with Crippen molar-refractivity contribution in [1.82, 2.24) is 4.98 Å². The topological polar surface area (TPSA) is 62.2 Å². The summed E-state index contributed by atoms with van der Waals surface area (Å²) in [5, 5.41) is 15.1. The van der Waals surface area contributed by atoms with Crippen LogP contribution >= 0.6 is 11.3 Å². The molecule has 0 amide bonds. The van der Waals surface area contributed by atoms with E-state index in [4.69, 9.17) is 5.11 Å². The highest BCUT2D eigenvalue weighted by Crippen LogP contribution is 2.26. The van der Waals surface area contributed by atoms with Crippen LogP contribution in [0.5, 0.6) is 0 Å². The molecular formula is C12H14N2O2S. The van der Waals surface area contributed by atoms with Gasteiger partial charge in [0.1, 0.15) is 11.9 Å². The zero-order valence-electron chi connectivity index (χ0n) is 9.68. The second-order valence-electron chi connectivity index (χ2n) is 4.20. The molecule has 5 heteroatoms. The summed E-state index contributed by atoms with van der Waals surface area (Å²) in [4.78, 5) is 15.3. The number of nitrogens with zero attached hydrogens (tertiary/aromatic N) is 1. The lowest BCUT2D eigenvalue weighted by Crippen LogP contribution is -2.34. The summed E-state index contributed by atoms with van der Waals surface area (Å²) < 4.78 is 1.11. The Hall–Kier alpha value is -1.62. The highest BCUT2D eigenvalue weighted by molar-refractivity contribution is 7.17. The smallest absolute Gasteiger partial charge is 0.326 e. The van der Waals surface area contributed by atoms with Gasteiger partial charge in [-0.2, -0.15) is 0 Å². The Morgan fingerprint density at radius 3 is 2.88 bits per heavy atom. The molecule has 2 aromatic heterocycles. The first-order valence-electron chi connectivity index (χ1n) is 5.41. The lowest BCUT2D eigenvalue weighted by atomic mass is 10.0. The summed E-state index contributed by atoms with van der Waals surface area (Å²) in [6.45, 7) is 3.75. The van der Waals surface area contributed by atoms with Crippen LogP contribution in [0.2, 0.25) is 0 Å². The van der Waals surface area contributed by atoms with E-state index in [0.717, 1.165) is 10.1 Å². The minimum Gasteiger partial charge on any atom is -0.480 e. The van der Waals surface area contributed by atoms with Crippen LogP contribution < -0.4 is 5.32 Å². The van der Waals surface area contributed by atoms with Gasteiger partial charge in [0.05, 0.1) is 0 Å². The number of nitrogens with one attached hydrogen (secondary N) is 1. The Bertz CT molecular complexity index is 536. The fourth-order valence-corrected chi connectivity index (χ4v) is 2.45. The Balaban J connectivity index is 2.34. The van der Waals surface area contributed by atoms with E-state index in [-0.39, 0.29) is 5.92 Å². The van der Waals surface area contributed by atoms with E-state index in [9.17, 15) is 4.79 Å². The molecule has 0 fully saturated rings. The maximum atomic E-state index is 11.1. The lowest BCUT2D eigenvalue weighted by molar-refractivity contribution is -0.138. The van der Waals surface area contributed by atoms with Gasteiger partial charge in [-0.15, -0.1) is 11.3 Å². The molecule has 17 heavy (non-hydrogen) atoms. The van der Waals surface area contributed by atoms with E-state index in [1.807, 2.05) is 31.4 Å². The SMILES string of the molecule is CC(C)C(Nc1nccc2sccc12)C(=O)O. The zero-order chi connectivity index (χ0) is 12.4. The van der Waals surface area contributed by atoms with Gasteiger partial charge in [0.15, 0.2) is 0 Å². The Kier molecular flexibility index (Phi) is 3.28. The first-order chi connectivity index (χ1) is 8.09. The van der Waals surface area contributed by atoms with Gasteiger partial charge in [-0.1, -0.05) is 13.8 Å². The first-order valence-corrected chi connectivity index (χ1v) is 6.29. The molecule has 2 rings (SSSR count). The van der Waals surface area contributed by atoms with Crippen molar-refractivity contribution in [2.24, 2.45) is 5.92 Å². The standard InChI is InChI=1S/C12H14N2O2S/c1-7(2)10(12(15)16)14-11-8-4-6-17-9(8)3-5-13-11/h3-7,10H,1-2H3,(H,13,14)(H,15,16). The fourth-order valence-electron chi connectivity index (χ4n) is 1.67. The number of carboxylic acids is 1. The van der Waals surface area contributed by atoms with Crippen molar-refractivity contribution >= 4 is 33.2 Å². The predicted octanol–water partition coefficient (Wildman–Crippen LogP) is 2.82. The Morgan fingerprint density at radius 2 is 2.24 bits per heavy atom. The van der Waals surface area contributed by atoms with Crippen LogP contribution in [-0.2, 0) is 4.79 Å². The van der Waals surface area contributed by atoms with Crippen molar-refractivity contribution in [3.05, 3.63) is 23.7 Å². The summed E-state index contributed by atoms with van der Waals surface area (Å²) in [5.41, 5.74) is 0. The summed E-state index contributed by atoms with van der Waals surface area (Å²) in [5.74, 6) is -0.206. The fraction of sp³-hybridized carbons (Fsp3) is 0.333. The summed E-state index contributed by atoms with van der Waals surface area (Å²) >= 11 is 1.62. The van der Waals surface area contributed by atoms with Crippen molar-refractivity contribution in [1.29, 1.82) is 0 Å². The molecule has 0 bridgehead atoms.